The Hall–Kier alpha value is -3.62. The van der Waals surface area contributed by atoms with Crippen LogP contribution in [0.4, 0.5) is 11.4 Å². The van der Waals surface area contributed by atoms with Gasteiger partial charge in [0.15, 0.2) is 0 Å². The van der Waals surface area contributed by atoms with Gasteiger partial charge in [0.1, 0.15) is 5.01 Å². The predicted octanol–water partition coefficient (Wildman–Crippen LogP) is 4.85. The van der Waals surface area contributed by atoms with Crippen molar-refractivity contribution in [3.63, 3.8) is 0 Å². The summed E-state index contributed by atoms with van der Waals surface area (Å²) in [4.78, 5) is 43.6. The van der Waals surface area contributed by atoms with E-state index in [4.69, 9.17) is 0 Å². The molecule has 0 atom stereocenters. The number of carbonyl (C=O) groups excluding carboxylic acids is 3. The summed E-state index contributed by atoms with van der Waals surface area (Å²) in [5.74, 6) is -0.957. The summed E-state index contributed by atoms with van der Waals surface area (Å²) in [6.07, 6.45) is 0.137. The first-order valence-corrected chi connectivity index (χ1v) is 11.3. The molecule has 2 aromatic heterocycles. The van der Waals surface area contributed by atoms with Gasteiger partial charge in [-0.05, 0) is 41.8 Å². The third-order valence-corrected chi connectivity index (χ3v) is 6.47. The largest absolute Gasteiger partial charge is 0.326 e. The number of imide groups is 1. The molecule has 5 rings (SSSR count). The van der Waals surface area contributed by atoms with Crippen molar-refractivity contribution in [2.75, 3.05) is 10.2 Å². The molecule has 0 aliphatic carbocycles. The van der Waals surface area contributed by atoms with E-state index < -0.39 is 0 Å². The van der Waals surface area contributed by atoms with Crippen molar-refractivity contribution >= 4 is 51.8 Å². The van der Waals surface area contributed by atoms with E-state index in [9.17, 15) is 14.4 Å². The van der Waals surface area contributed by atoms with Crippen LogP contribution in [0.3, 0.4) is 0 Å². The van der Waals surface area contributed by atoms with Crippen molar-refractivity contribution in [1.29, 1.82) is 0 Å². The van der Waals surface area contributed by atoms with Crippen molar-refractivity contribution in [2.24, 2.45) is 0 Å². The number of carbonyl (C=O) groups is 3. The number of hydrogen-bond acceptors (Lipinski definition) is 6. The second-order valence-electron chi connectivity index (χ2n) is 6.92. The fourth-order valence-corrected chi connectivity index (χ4v) is 4.95. The maximum absolute atomic E-state index is 12.7. The summed E-state index contributed by atoms with van der Waals surface area (Å²) in [7, 11) is 0. The van der Waals surface area contributed by atoms with Gasteiger partial charge in [0.25, 0.3) is 11.8 Å². The fourth-order valence-electron chi connectivity index (χ4n) is 3.42. The minimum atomic E-state index is -0.368. The van der Waals surface area contributed by atoms with Crippen molar-refractivity contribution in [3.8, 4) is 10.6 Å². The SMILES string of the molecule is O=C(Cc1csc(-c2ccsc2)n1)Nc1cccc(N2C(=O)c3ccccc3C2=O)c1. The van der Waals surface area contributed by atoms with Crippen LogP contribution in [0, 0.1) is 0 Å². The lowest BCUT2D eigenvalue weighted by Crippen LogP contribution is -2.29. The molecule has 4 aromatic rings. The number of fused-ring (bicyclic) bond motifs is 1. The molecule has 31 heavy (non-hydrogen) atoms. The zero-order chi connectivity index (χ0) is 21.4. The molecule has 1 aliphatic heterocycles. The molecule has 0 spiro atoms. The molecule has 0 bridgehead atoms. The van der Waals surface area contributed by atoms with E-state index in [0.717, 1.165) is 15.5 Å². The first-order chi connectivity index (χ1) is 15.1. The minimum absolute atomic E-state index is 0.137. The number of nitrogens with one attached hydrogen (secondary N) is 1. The molecule has 0 saturated carbocycles. The Morgan fingerprint density at radius 3 is 2.45 bits per heavy atom. The van der Waals surface area contributed by atoms with Gasteiger partial charge in [-0.1, -0.05) is 18.2 Å². The molecule has 3 amide bonds. The third-order valence-electron chi connectivity index (χ3n) is 4.84. The number of nitrogens with zero attached hydrogens (tertiary/aromatic N) is 2. The maximum atomic E-state index is 12.7. The molecule has 1 N–H and O–H groups in total. The van der Waals surface area contributed by atoms with Crippen LogP contribution in [0.5, 0.6) is 0 Å². The summed E-state index contributed by atoms with van der Waals surface area (Å²) in [6, 6.07) is 15.4. The van der Waals surface area contributed by atoms with Crippen molar-refractivity contribution in [2.45, 2.75) is 6.42 Å². The van der Waals surface area contributed by atoms with E-state index in [1.165, 1.54) is 11.3 Å². The highest BCUT2D eigenvalue weighted by Gasteiger charge is 2.36. The lowest BCUT2D eigenvalue weighted by atomic mass is 10.1. The molecule has 0 unspecified atom stereocenters. The predicted molar refractivity (Wildman–Crippen MR) is 122 cm³/mol. The highest BCUT2D eigenvalue weighted by atomic mass is 32.1. The topological polar surface area (TPSA) is 79.4 Å². The van der Waals surface area contributed by atoms with Gasteiger partial charge in [-0.25, -0.2) is 9.88 Å². The summed E-state index contributed by atoms with van der Waals surface area (Å²) in [5, 5.41) is 9.60. The second-order valence-corrected chi connectivity index (χ2v) is 8.56. The first-order valence-electron chi connectivity index (χ1n) is 9.45. The summed E-state index contributed by atoms with van der Waals surface area (Å²) < 4.78 is 0. The fraction of sp³-hybridized carbons (Fsp3) is 0.0435. The number of aromatic nitrogens is 1. The number of thiophene rings is 1. The lowest BCUT2D eigenvalue weighted by molar-refractivity contribution is -0.115. The number of anilines is 2. The minimum Gasteiger partial charge on any atom is -0.326 e. The zero-order valence-electron chi connectivity index (χ0n) is 16.1. The van der Waals surface area contributed by atoms with E-state index in [1.54, 1.807) is 59.9 Å². The molecule has 0 fully saturated rings. The second kappa shape index (κ2) is 7.90. The van der Waals surface area contributed by atoms with Crippen molar-refractivity contribution in [3.05, 3.63) is 87.6 Å². The number of hydrogen-bond donors (Lipinski definition) is 1. The standard InChI is InChI=1S/C23H15N3O3S2/c27-20(11-16-13-31-21(25-16)14-8-9-30-12-14)24-15-4-3-5-17(10-15)26-22(28)18-6-1-2-7-19(18)23(26)29/h1-10,12-13H,11H2,(H,24,27). The van der Waals surface area contributed by atoms with Crippen LogP contribution in [-0.4, -0.2) is 22.7 Å². The Labute approximate surface area is 185 Å². The number of amides is 3. The Bertz CT molecular complexity index is 1280. The van der Waals surface area contributed by atoms with Gasteiger partial charge in [-0.15, -0.1) is 11.3 Å². The normalized spacial score (nSPS) is 12.8. The molecule has 2 aromatic carbocycles. The van der Waals surface area contributed by atoms with Crippen LogP contribution in [0.15, 0.2) is 70.7 Å². The molecule has 0 radical (unpaired) electrons. The van der Waals surface area contributed by atoms with Gasteiger partial charge in [0.05, 0.1) is 28.9 Å². The molecule has 8 heteroatoms. The number of rotatable bonds is 5. The molecular weight excluding hydrogens is 430 g/mol. The molecule has 152 valence electrons. The molecule has 1 aliphatic rings. The van der Waals surface area contributed by atoms with Gasteiger partial charge in [0, 0.05) is 22.0 Å². The molecule has 0 saturated heterocycles. The van der Waals surface area contributed by atoms with E-state index in [2.05, 4.69) is 10.3 Å². The van der Waals surface area contributed by atoms with Gasteiger partial charge < -0.3 is 5.32 Å². The summed E-state index contributed by atoms with van der Waals surface area (Å²) >= 11 is 3.11. The Morgan fingerprint density at radius 2 is 1.74 bits per heavy atom. The first kappa shape index (κ1) is 19.3. The highest BCUT2D eigenvalue weighted by molar-refractivity contribution is 7.14. The molecular formula is C23H15N3O3S2. The summed E-state index contributed by atoms with van der Waals surface area (Å²) in [6.45, 7) is 0. The van der Waals surface area contributed by atoms with E-state index in [0.29, 0.717) is 28.2 Å². The zero-order valence-corrected chi connectivity index (χ0v) is 17.7. The summed E-state index contributed by atoms with van der Waals surface area (Å²) in [5.41, 5.74) is 3.43. The Kier molecular flexibility index (Phi) is 4.93. The quantitative estimate of drug-likeness (QED) is 0.445. The van der Waals surface area contributed by atoms with Gasteiger partial charge >= 0.3 is 0 Å². The number of benzene rings is 2. The van der Waals surface area contributed by atoms with Crippen LogP contribution in [-0.2, 0) is 11.2 Å². The van der Waals surface area contributed by atoms with Gasteiger partial charge in [0.2, 0.25) is 5.91 Å². The lowest BCUT2D eigenvalue weighted by Gasteiger charge is -2.15. The van der Waals surface area contributed by atoms with Crippen molar-refractivity contribution < 1.29 is 14.4 Å². The maximum Gasteiger partial charge on any atom is 0.266 e. The van der Waals surface area contributed by atoms with Crippen molar-refractivity contribution in [1.82, 2.24) is 4.98 Å². The van der Waals surface area contributed by atoms with Crippen LogP contribution in [0.25, 0.3) is 10.6 Å². The number of thiazole rings is 1. The van der Waals surface area contributed by atoms with Crippen LogP contribution < -0.4 is 10.2 Å². The average Bonchev–Trinajstić information content (AvgIpc) is 3.50. The van der Waals surface area contributed by atoms with E-state index >= 15 is 0 Å². The highest BCUT2D eigenvalue weighted by Crippen LogP contribution is 2.30. The Morgan fingerprint density at radius 1 is 0.968 bits per heavy atom. The van der Waals surface area contributed by atoms with Gasteiger partial charge in [-0.2, -0.15) is 11.3 Å². The van der Waals surface area contributed by atoms with Crippen LogP contribution in [0.2, 0.25) is 0 Å². The smallest absolute Gasteiger partial charge is 0.266 e. The van der Waals surface area contributed by atoms with Crippen LogP contribution in [0.1, 0.15) is 26.4 Å². The Balaban J connectivity index is 1.30. The van der Waals surface area contributed by atoms with Crippen LogP contribution >= 0.6 is 22.7 Å². The molecule has 3 heterocycles. The molecule has 6 nitrogen and oxygen atoms in total. The monoisotopic (exact) mass is 445 g/mol. The van der Waals surface area contributed by atoms with E-state index in [1.807, 2.05) is 22.2 Å². The average molecular weight is 446 g/mol. The third kappa shape index (κ3) is 3.67. The van der Waals surface area contributed by atoms with Gasteiger partial charge in [-0.3, -0.25) is 14.4 Å². The van der Waals surface area contributed by atoms with E-state index in [-0.39, 0.29) is 24.1 Å².